The number of nitriles is 1. The Balaban J connectivity index is 1.77. The van der Waals surface area contributed by atoms with Gasteiger partial charge in [0.2, 0.25) is 0 Å². The van der Waals surface area contributed by atoms with Crippen LogP contribution in [0.25, 0.3) is 6.08 Å². The standard InChI is InChI=1S/C24H16Cl2I2N2O2/c1-14-2-7-19(11-20(14)26)30-24(31)17(12-29)8-16-9-21(27)23(22(28)10-16)32-13-15-3-5-18(25)6-4-15/h2-11H,13H2,1H3,(H,30,31)/b17-8-. The summed E-state index contributed by atoms with van der Waals surface area (Å²) >= 11 is 16.4. The van der Waals surface area contributed by atoms with Gasteiger partial charge in [0.15, 0.2) is 0 Å². The van der Waals surface area contributed by atoms with Crippen LogP contribution < -0.4 is 10.1 Å². The summed E-state index contributed by atoms with van der Waals surface area (Å²) in [7, 11) is 0. The number of anilines is 1. The van der Waals surface area contributed by atoms with E-state index in [1.807, 2.05) is 49.4 Å². The van der Waals surface area contributed by atoms with Gasteiger partial charge in [0, 0.05) is 15.7 Å². The van der Waals surface area contributed by atoms with Gasteiger partial charge in [-0.3, -0.25) is 4.79 Å². The van der Waals surface area contributed by atoms with E-state index in [2.05, 4.69) is 50.5 Å². The zero-order valence-corrected chi connectivity index (χ0v) is 22.6. The molecule has 0 fully saturated rings. The minimum Gasteiger partial charge on any atom is -0.487 e. The summed E-state index contributed by atoms with van der Waals surface area (Å²) in [6, 6.07) is 18.4. The van der Waals surface area contributed by atoms with Crippen molar-refractivity contribution in [2.24, 2.45) is 0 Å². The molecule has 0 bridgehead atoms. The zero-order chi connectivity index (χ0) is 23.3. The van der Waals surface area contributed by atoms with E-state index in [-0.39, 0.29) is 5.57 Å². The Kier molecular flexibility index (Phi) is 8.82. The van der Waals surface area contributed by atoms with E-state index in [1.54, 1.807) is 24.3 Å². The van der Waals surface area contributed by atoms with Crippen LogP contribution >= 0.6 is 68.4 Å². The number of ether oxygens (including phenoxy) is 1. The minimum atomic E-state index is -0.500. The van der Waals surface area contributed by atoms with Gasteiger partial charge < -0.3 is 10.1 Å². The summed E-state index contributed by atoms with van der Waals surface area (Å²) in [5.74, 6) is 0.246. The molecular formula is C24H16Cl2I2N2O2. The van der Waals surface area contributed by atoms with E-state index in [4.69, 9.17) is 27.9 Å². The fourth-order valence-electron chi connectivity index (χ4n) is 2.72. The highest BCUT2D eigenvalue weighted by Crippen LogP contribution is 2.31. The second-order valence-electron chi connectivity index (χ2n) is 6.82. The number of rotatable bonds is 6. The van der Waals surface area contributed by atoms with Gasteiger partial charge in [0.25, 0.3) is 5.91 Å². The molecule has 0 unspecified atom stereocenters. The number of hydrogen-bond donors (Lipinski definition) is 1. The van der Waals surface area contributed by atoms with Crippen molar-refractivity contribution in [1.29, 1.82) is 5.26 Å². The highest BCUT2D eigenvalue weighted by atomic mass is 127. The largest absolute Gasteiger partial charge is 0.487 e. The SMILES string of the molecule is Cc1ccc(NC(=O)/C(C#N)=C\c2cc(I)c(OCc3ccc(Cl)cc3)c(I)c2)cc1Cl. The lowest BCUT2D eigenvalue weighted by molar-refractivity contribution is -0.112. The van der Waals surface area contributed by atoms with Crippen molar-refractivity contribution in [2.75, 3.05) is 5.32 Å². The van der Waals surface area contributed by atoms with Crippen LogP contribution in [-0.2, 0) is 11.4 Å². The smallest absolute Gasteiger partial charge is 0.266 e. The first kappa shape index (κ1) is 24.8. The maximum absolute atomic E-state index is 12.6. The number of halogens is 4. The molecule has 0 aromatic heterocycles. The average Bonchev–Trinajstić information content (AvgIpc) is 2.75. The minimum absolute atomic E-state index is 0.0110. The van der Waals surface area contributed by atoms with E-state index in [0.717, 1.165) is 29.6 Å². The van der Waals surface area contributed by atoms with Crippen molar-refractivity contribution in [3.63, 3.8) is 0 Å². The Labute approximate surface area is 223 Å². The summed E-state index contributed by atoms with van der Waals surface area (Å²) in [5, 5.41) is 13.4. The van der Waals surface area contributed by atoms with Crippen LogP contribution in [0.2, 0.25) is 10.0 Å². The van der Waals surface area contributed by atoms with Crippen LogP contribution in [-0.4, -0.2) is 5.91 Å². The van der Waals surface area contributed by atoms with E-state index in [0.29, 0.717) is 22.3 Å². The van der Waals surface area contributed by atoms with E-state index < -0.39 is 5.91 Å². The van der Waals surface area contributed by atoms with E-state index in [9.17, 15) is 10.1 Å². The molecule has 0 aliphatic heterocycles. The van der Waals surface area contributed by atoms with Gasteiger partial charge in [-0.25, -0.2) is 0 Å². The molecule has 0 aliphatic carbocycles. The molecule has 3 aromatic rings. The number of carbonyl (C=O) groups excluding carboxylic acids is 1. The number of amides is 1. The summed E-state index contributed by atoms with van der Waals surface area (Å²) in [4.78, 5) is 12.6. The molecular weight excluding hydrogens is 673 g/mol. The third-order valence-electron chi connectivity index (χ3n) is 4.42. The predicted octanol–water partition coefficient (Wildman–Crippen LogP) is 7.64. The molecule has 32 heavy (non-hydrogen) atoms. The monoisotopic (exact) mass is 688 g/mol. The van der Waals surface area contributed by atoms with Gasteiger partial charge in [-0.2, -0.15) is 5.26 Å². The molecule has 0 heterocycles. The molecule has 0 saturated carbocycles. The number of aryl methyl sites for hydroxylation is 1. The van der Waals surface area contributed by atoms with Crippen molar-refractivity contribution in [3.05, 3.63) is 94.0 Å². The Bertz CT molecular complexity index is 1210. The molecule has 1 amide bonds. The topological polar surface area (TPSA) is 62.1 Å². The van der Waals surface area contributed by atoms with Gasteiger partial charge in [-0.05, 0) is 111 Å². The van der Waals surface area contributed by atoms with Gasteiger partial charge in [-0.1, -0.05) is 41.4 Å². The van der Waals surface area contributed by atoms with Crippen LogP contribution in [0.5, 0.6) is 5.75 Å². The highest BCUT2D eigenvalue weighted by molar-refractivity contribution is 14.1. The fraction of sp³-hybridized carbons (Fsp3) is 0.0833. The van der Waals surface area contributed by atoms with Gasteiger partial charge >= 0.3 is 0 Å². The molecule has 0 saturated heterocycles. The Morgan fingerprint density at radius 3 is 2.34 bits per heavy atom. The predicted molar refractivity (Wildman–Crippen MR) is 146 cm³/mol. The van der Waals surface area contributed by atoms with Crippen molar-refractivity contribution in [2.45, 2.75) is 13.5 Å². The van der Waals surface area contributed by atoms with Crippen LogP contribution in [0.4, 0.5) is 5.69 Å². The van der Waals surface area contributed by atoms with Crippen LogP contribution in [0.15, 0.2) is 60.2 Å². The van der Waals surface area contributed by atoms with E-state index >= 15 is 0 Å². The third kappa shape index (κ3) is 6.61. The second-order valence-corrected chi connectivity index (χ2v) is 9.98. The Morgan fingerprint density at radius 2 is 1.75 bits per heavy atom. The van der Waals surface area contributed by atoms with Crippen LogP contribution in [0.3, 0.4) is 0 Å². The molecule has 0 radical (unpaired) electrons. The number of nitrogens with one attached hydrogen (secondary N) is 1. The van der Waals surface area contributed by atoms with Crippen molar-refractivity contribution >= 4 is 86.1 Å². The molecule has 162 valence electrons. The summed E-state index contributed by atoms with van der Waals surface area (Å²) < 4.78 is 7.74. The third-order valence-corrected chi connectivity index (χ3v) is 6.68. The number of hydrogen-bond acceptors (Lipinski definition) is 3. The molecule has 3 aromatic carbocycles. The highest BCUT2D eigenvalue weighted by Gasteiger charge is 2.13. The molecule has 1 N–H and O–H groups in total. The molecule has 3 rings (SSSR count). The fourth-order valence-corrected chi connectivity index (χ4v) is 5.16. The lowest BCUT2D eigenvalue weighted by Crippen LogP contribution is -2.13. The van der Waals surface area contributed by atoms with Crippen molar-refractivity contribution < 1.29 is 9.53 Å². The second kappa shape index (κ2) is 11.4. The number of carbonyl (C=O) groups is 1. The summed E-state index contributed by atoms with van der Waals surface area (Å²) in [6.07, 6.45) is 1.55. The van der Waals surface area contributed by atoms with Crippen molar-refractivity contribution in [3.8, 4) is 11.8 Å². The Morgan fingerprint density at radius 1 is 1.09 bits per heavy atom. The van der Waals surface area contributed by atoms with Gasteiger partial charge in [0.05, 0.1) is 7.14 Å². The van der Waals surface area contributed by atoms with Crippen LogP contribution in [0, 0.1) is 25.4 Å². The first-order valence-electron chi connectivity index (χ1n) is 9.32. The molecule has 0 aliphatic rings. The van der Waals surface area contributed by atoms with Gasteiger partial charge in [-0.15, -0.1) is 0 Å². The summed E-state index contributed by atoms with van der Waals surface area (Å²) in [6.45, 7) is 2.28. The average molecular weight is 689 g/mol. The van der Waals surface area contributed by atoms with E-state index in [1.165, 1.54) is 0 Å². The molecule has 0 atom stereocenters. The first-order chi connectivity index (χ1) is 15.3. The lowest BCUT2D eigenvalue weighted by Gasteiger charge is -2.12. The number of benzene rings is 3. The maximum atomic E-state index is 12.6. The summed E-state index contributed by atoms with van der Waals surface area (Å²) in [5.41, 5.74) is 3.16. The maximum Gasteiger partial charge on any atom is 0.266 e. The lowest BCUT2D eigenvalue weighted by atomic mass is 10.1. The quantitative estimate of drug-likeness (QED) is 0.165. The molecule has 4 nitrogen and oxygen atoms in total. The molecule has 8 heteroatoms. The van der Waals surface area contributed by atoms with Crippen LogP contribution in [0.1, 0.15) is 16.7 Å². The molecule has 0 spiro atoms. The zero-order valence-electron chi connectivity index (χ0n) is 16.8. The normalized spacial score (nSPS) is 11.1. The van der Waals surface area contributed by atoms with Gasteiger partial charge in [0.1, 0.15) is 24.0 Å². The number of nitrogens with zero attached hydrogens (tertiary/aromatic N) is 1. The van der Waals surface area contributed by atoms with Crippen molar-refractivity contribution in [1.82, 2.24) is 0 Å². The first-order valence-corrected chi connectivity index (χ1v) is 12.2. The Hall–Kier alpha value is -1.80.